The van der Waals surface area contributed by atoms with Gasteiger partial charge in [0.25, 0.3) is 0 Å². The Bertz CT molecular complexity index is 851. The van der Waals surface area contributed by atoms with Gasteiger partial charge in [0.05, 0.1) is 18.8 Å². The third kappa shape index (κ3) is 7.76. The normalized spacial score (nSPS) is 20.0. The highest BCUT2D eigenvalue weighted by Crippen LogP contribution is 2.39. The smallest absolute Gasteiger partial charge is 0.494 e. The number of aliphatic hydroxyl groups is 1. The van der Waals surface area contributed by atoms with Crippen molar-refractivity contribution in [3.05, 3.63) is 54.1 Å². The van der Waals surface area contributed by atoms with Crippen molar-refractivity contribution in [1.29, 1.82) is 0 Å². The van der Waals surface area contributed by atoms with Crippen molar-refractivity contribution in [2.75, 3.05) is 13.2 Å². The van der Waals surface area contributed by atoms with Crippen molar-refractivity contribution in [3.8, 4) is 16.9 Å². The van der Waals surface area contributed by atoms with Crippen LogP contribution >= 0.6 is 0 Å². The number of ether oxygens (including phenoxy) is 3. The summed E-state index contributed by atoms with van der Waals surface area (Å²) in [6, 6.07) is 16.3. The molecule has 2 aromatic carbocycles. The quantitative estimate of drug-likeness (QED) is 0.260. The number of unbranched alkanes of at least 4 members (excludes halogenated alkanes) is 5. The summed E-state index contributed by atoms with van der Waals surface area (Å²) in [7, 11) is 0. The molecular formula is C29H40O5. The van der Waals surface area contributed by atoms with Crippen LogP contribution in [0.25, 0.3) is 11.1 Å². The molecule has 0 aliphatic heterocycles. The first-order valence-electron chi connectivity index (χ1n) is 12.9. The Balaban J connectivity index is 1.47. The number of carbonyl (C=O) groups excluding carboxylic acids is 1. The van der Waals surface area contributed by atoms with Crippen LogP contribution in [0.4, 0.5) is 4.79 Å². The highest BCUT2D eigenvalue weighted by atomic mass is 16.7. The van der Waals surface area contributed by atoms with E-state index in [4.69, 9.17) is 14.2 Å². The summed E-state index contributed by atoms with van der Waals surface area (Å²) in [5, 5.41) is 11.2. The summed E-state index contributed by atoms with van der Waals surface area (Å²) in [6.07, 6.45) is 9.10. The minimum Gasteiger partial charge on any atom is -0.494 e. The lowest BCUT2D eigenvalue weighted by Crippen LogP contribution is -2.35. The second-order valence-electron chi connectivity index (χ2n) is 9.25. The van der Waals surface area contributed by atoms with Gasteiger partial charge < -0.3 is 19.3 Å². The summed E-state index contributed by atoms with van der Waals surface area (Å²) < 4.78 is 16.1. The zero-order chi connectivity index (χ0) is 24.2. The molecule has 0 unspecified atom stereocenters. The van der Waals surface area contributed by atoms with E-state index in [1.807, 2.05) is 24.3 Å². The number of carbonyl (C=O) groups is 1. The van der Waals surface area contributed by atoms with Crippen molar-refractivity contribution in [1.82, 2.24) is 0 Å². The van der Waals surface area contributed by atoms with Gasteiger partial charge in [0.15, 0.2) is 0 Å². The maximum absolute atomic E-state index is 11.5. The molecule has 0 radical (unpaired) electrons. The highest BCUT2D eigenvalue weighted by molar-refractivity contribution is 5.64. The van der Waals surface area contributed by atoms with Crippen LogP contribution in [0.3, 0.4) is 0 Å². The first kappa shape index (κ1) is 26.1. The summed E-state index contributed by atoms with van der Waals surface area (Å²) in [5.74, 6) is 0.907. The Kier molecular flexibility index (Phi) is 10.3. The average Bonchev–Trinajstić information content (AvgIpc) is 2.86. The molecule has 1 aliphatic rings. The zero-order valence-corrected chi connectivity index (χ0v) is 20.8. The predicted molar refractivity (Wildman–Crippen MR) is 135 cm³/mol. The lowest BCUT2D eigenvalue weighted by atomic mass is 9.78. The van der Waals surface area contributed by atoms with E-state index in [2.05, 4.69) is 31.2 Å². The lowest BCUT2D eigenvalue weighted by molar-refractivity contribution is -0.0530. The van der Waals surface area contributed by atoms with Gasteiger partial charge in [-0.3, -0.25) is 0 Å². The number of benzene rings is 2. The second kappa shape index (κ2) is 13.4. The topological polar surface area (TPSA) is 65.0 Å². The van der Waals surface area contributed by atoms with Crippen molar-refractivity contribution < 1.29 is 24.1 Å². The van der Waals surface area contributed by atoms with E-state index in [9.17, 15) is 9.90 Å². The predicted octanol–water partition coefficient (Wildman–Crippen LogP) is 7.40. The van der Waals surface area contributed by atoms with E-state index in [0.29, 0.717) is 32.3 Å². The van der Waals surface area contributed by atoms with Gasteiger partial charge in [-0.25, -0.2) is 4.79 Å². The molecule has 0 saturated heterocycles. The molecule has 0 bridgehead atoms. The minimum absolute atomic E-state index is 0.194. The Morgan fingerprint density at radius 1 is 0.882 bits per heavy atom. The summed E-state index contributed by atoms with van der Waals surface area (Å²) >= 11 is 0. The van der Waals surface area contributed by atoms with Crippen LogP contribution in [-0.2, 0) is 15.1 Å². The fourth-order valence-electron chi connectivity index (χ4n) is 4.55. The molecule has 0 spiro atoms. The van der Waals surface area contributed by atoms with Crippen molar-refractivity contribution >= 4 is 6.16 Å². The minimum atomic E-state index is -0.888. The average molecular weight is 469 g/mol. The van der Waals surface area contributed by atoms with Crippen LogP contribution in [0.2, 0.25) is 0 Å². The molecule has 0 heterocycles. The summed E-state index contributed by atoms with van der Waals surface area (Å²) in [5.41, 5.74) is 2.25. The molecule has 1 aliphatic carbocycles. The Hall–Kier alpha value is -2.53. The van der Waals surface area contributed by atoms with Crippen LogP contribution in [0.15, 0.2) is 48.5 Å². The van der Waals surface area contributed by atoms with Gasteiger partial charge in [-0.05, 0) is 67.9 Å². The molecule has 3 rings (SSSR count). The molecule has 186 valence electrons. The molecule has 5 heteroatoms. The summed E-state index contributed by atoms with van der Waals surface area (Å²) in [6.45, 7) is 5.06. The lowest BCUT2D eigenvalue weighted by Gasteiger charge is -2.36. The molecule has 0 atom stereocenters. The van der Waals surface area contributed by atoms with Gasteiger partial charge in [-0.1, -0.05) is 75.4 Å². The molecule has 1 fully saturated rings. The van der Waals surface area contributed by atoms with Crippen LogP contribution in [0, 0.1) is 0 Å². The Morgan fingerprint density at radius 2 is 1.47 bits per heavy atom. The molecule has 1 saturated carbocycles. The van der Waals surface area contributed by atoms with E-state index in [-0.39, 0.29) is 6.10 Å². The standard InChI is InChI=1S/C29H40O5/c1-3-5-6-7-8-9-22-33-26-16-12-24(13-17-26)23-10-14-25(15-11-23)29(31)20-18-27(19-21-29)34-28(30)32-4-2/h10-17,27,31H,3-9,18-22H2,1-2H3. The first-order chi connectivity index (χ1) is 16.5. The van der Waals surface area contributed by atoms with E-state index >= 15 is 0 Å². The van der Waals surface area contributed by atoms with Crippen LogP contribution in [-0.4, -0.2) is 30.6 Å². The second-order valence-corrected chi connectivity index (χ2v) is 9.25. The first-order valence-corrected chi connectivity index (χ1v) is 12.9. The maximum atomic E-state index is 11.5. The van der Waals surface area contributed by atoms with Gasteiger partial charge in [0.2, 0.25) is 0 Å². The largest absolute Gasteiger partial charge is 0.508 e. The molecule has 0 amide bonds. The molecular weight excluding hydrogens is 428 g/mol. The van der Waals surface area contributed by atoms with Gasteiger partial charge in [0, 0.05) is 0 Å². The van der Waals surface area contributed by atoms with Crippen molar-refractivity contribution in [3.63, 3.8) is 0 Å². The molecule has 5 nitrogen and oxygen atoms in total. The zero-order valence-electron chi connectivity index (χ0n) is 20.8. The molecule has 2 aromatic rings. The highest BCUT2D eigenvalue weighted by Gasteiger charge is 2.36. The maximum Gasteiger partial charge on any atom is 0.508 e. The van der Waals surface area contributed by atoms with Crippen LogP contribution in [0.1, 0.15) is 83.6 Å². The van der Waals surface area contributed by atoms with E-state index in [1.54, 1.807) is 6.92 Å². The van der Waals surface area contributed by atoms with Crippen molar-refractivity contribution in [2.45, 2.75) is 89.8 Å². The van der Waals surface area contributed by atoms with E-state index < -0.39 is 11.8 Å². The van der Waals surface area contributed by atoms with Gasteiger partial charge in [-0.15, -0.1) is 0 Å². The monoisotopic (exact) mass is 468 g/mol. The molecule has 34 heavy (non-hydrogen) atoms. The Labute approximate surface area is 204 Å². The number of hydrogen-bond acceptors (Lipinski definition) is 5. The van der Waals surface area contributed by atoms with E-state index in [1.165, 1.54) is 32.1 Å². The number of rotatable bonds is 12. The number of hydrogen-bond donors (Lipinski definition) is 1. The molecule has 0 aromatic heterocycles. The van der Waals surface area contributed by atoms with Gasteiger partial charge >= 0.3 is 6.16 Å². The van der Waals surface area contributed by atoms with Crippen LogP contribution < -0.4 is 4.74 Å². The SMILES string of the molecule is CCCCCCCCOc1ccc(-c2ccc(C3(O)CCC(OC(=O)OCC)CC3)cc2)cc1. The third-order valence-electron chi connectivity index (χ3n) is 6.66. The fourth-order valence-corrected chi connectivity index (χ4v) is 4.55. The third-order valence-corrected chi connectivity index (χ3v) is 6.66. The fraction of sp³-hybridized carbons (Fsp3) is 0.552. The summed E-state index contributed by atoms with van der Waals surface area (Å²) in [4.78, 5) is 11.5. The van der Waals surface area contributed by atoms with Crippen molar-refractivity contribution in [2.24, 2.45) is 0 Å². The van der Waals surface area contributed by atoms with E-state index in [0.717, 1.165) is 35.5 Å². The Morgan fingerprint density at radius 3 is 2.09 bits per heavy atom. The van der Waals surface area contributed by atoms with Gasteiger partial charge in [0.1, 0.15) is 11.9 Å². The molecule has 1 N–H and O–H groups in total. The van der Waals surface area contributed by atoms with Crippen LogP contribution in [0.5, 0.6) is 5.75 Å². The van der Waals surface area contributed by atoms with Gasteiger partial charge in [-0.2, -0.15) is 0 Å².